The van der Waals surface area contributed by atoms with Gasteiger partial charge >= 0.3 is 0 Å². The highest BCUT2D eigenvalue weighted by molar-refractivity contribution is 5.81. The molecule has 5 rings (SSSR count). The third-order valence-electron chi connectivity index (χ3n) is 5.79. The molecule has 2 heteroatoms. The SMILES string of the molecule is CC(C)[n+]1c(-c2ccccc2)c(-c2ccccc2)n(-c2ccccc2)c1-c1ccccc1. The van der Waals surface area contributed by atoms with Crippen LogP contribution in [-0.2, 0) is 0 Å². The molecule has 0 unspecified atom stereocenters. The van der Waals surface area contributed by atoms with E-state index in [4.69, 9.17) is 0 Å². The summed E-state index contributed by atoms with van der Waals surface area (Å²) < 4.78 is 4.91. The Morgan fingerprint density at radius 3 is 1.47 bits per heavy atom. The second-order valence-corrected chi connectivity index (χ2v) is 8.25. The zero-order chi connectivity index (χ0) is 21.9. The summed E-state index contributed by atoms with van der Waals surface area (Å²) >= 11 is 0. The first-order valence-corrected chi connectivity index (χ1v) is 11.2. The molecular weight excluding hydrogens is 388 g/mol. The molecule has 2 nitrogen and oxygen atoms in total. The van der Waals surface area contributed by atoms with Crippen molar-refractivity contribution in [1.29, 1.82) is 0 Å². The van der Waals surface area contributed by atoms with Crippen molar-refractivity contribution < 1.29 is 4.57 Å². The van der Waals surface area contributed by atoms with Gasteiger partial charge in [-0.1, -0.05) is 97.1 Å². The van der Waals surface area contributed by atoms with Gasteiger partial charge in [0.1, 0.15) is 5.69 Å². The van der Waals surface area contributed by atoms with Crippen molar-refractivity contribution in [3.8, 4) is 39.6 Å². The standard InChI is InChI=1S/C30H27N2/c1-23(2)31-28(24-15-7-3-8-16-24)29(25-17-9-4-10-18-25)32(27-21-13-6-14-22-27)30(31)26-19-11-5-12-20-26/h3-23H,1-2H3/q+1. The van der Waals surface area contributed by atoms with Crippen LogP contribution in [0.1, 0.15) is 19.9 Å². The number of hydrogen-bond donors (Lipinski definition) is 0. The highest BCUT2D eigenvalue weighted by Crippen LogP contribution is 2.38. The van der Waals surface area contributed by atoms with Crippen molar-refractivity contribution in [2.75, 3.05) is 0 Å². The molecule has 1 heterocycles. The third kappa shape index (κ3) is 3.54. The van der Waals surface area contributed by atoms with Gasteiger partial charge in [0.05, 0.1) is 11.6 Å². The van der Waals surface area contributed by atoms with E-state index in [-0.39, 0.29) is 6.04 Å². The Balaban J connectivity index is 2.00. The normalized spacial score (nSPS) is 11.1. The zero-order valence-electron chi connectivity index (χ0n) is 18.5. The molecule has 0 aliphatic heterocycles. The first-order valence-electron chi connectivity index (χ1n) is 11.2. The van der Waals surface area contributed by atoms with Gasteiger partial charge < -0.3 is 0 Å². The van der Waals surface area contributed by atoms with Crippen molar-refractivity contribution in [2.45, 2.75) is 19.9 Å². The van der Waals surface area contributed by atoms with Crippen molar-refractivity contribution >= 4 is 0 Å². The molecule has 1 aromatic heterocycles. The molecule has 0 saturated carbocycles. The molecule has 0 saturated heterocycles. The Morgan fingerprint density at radius 1 is 0.531 bits per heavy atom. The summed E-state index contributed by atoms with van der Waals surface area (Å²) in [6, 6.07) is 43.2. The van der Waals surface area contributed by atoms with E-state index >= 15 is 0 Å². The Labute approximate surface area is 190 Å². The summed E-state index contributed by atoms with van der Waals surface area (Å²) in [5.41, 5.74) is 7.20. The van der Waals surface area contributed by atoms with Crippen LogP contribution in [0, 0.1) is 0 Å². The monoisotopic (exact) mass is 415 g/mol. The molecule has 32 heavy (non-hydrogen) atoms. The van der Waals surface area contributed by atoms with Gasteiger partial charge in [-0.05, 0) is 38.1 Å². The fraction of sp³-hybridized carbons (Fsp3) is 0.100. The lowest BCUT2D eigenvalue weighted by Gasteiger charge is -2.10. The topological polar surface area (TPSA) is 8.81 Å². The van der Waals surface area contributed by atoms with Gasteiger partial charge in [0.25, 0.3) is 5.82 Å². The Hall–Kier alpha value is -3.91. The van der Waals surface area contributed by atoms with Gasteiger partial charge in [0.2, 0.25) is 0 Å². The summed E-state index contributed by atoms with van der Waals surface area (Å²) in [6.07, 6.45) is 0. The van der Waals surface area contributed by atoms with E-state index in [1.165, 1.54) is 33.9 Å². The average Bonchev–Trinajstić information content (AvgIpc) is 3.23. The number of para-hydroxylation sites is 1. The maximum Gasteiger partial charge on any atom is 0.295 e. The minimum Gasteiger partial charge on any atom is -0.220 e. The van der Waals surface area contributed by atoms with Crippen molar-refractivity contribution in [2.24, 2.45) is 0 Å². The van der Waals surface area contributed by atoms with Gasteiger partial charge in [-0.25, -0.2) is 4.57 Å². The minimum atomic E-state index is 0.271. The predicted molar refractivity (Wildman–Crippen MR) is 133 cm³/mol. The first kappa shape index (κ1) is 20.0. The molecule has 0 atom stereocenters. The number of hydrogen-bond acceptors (Lipinski definition) is 0. The van der Waals surface area contributed by atoms with Gasteiger partial charge in [0, 0.05) is 11.1 Å². The molecule has 0 aliphatic carbocycles. The van der Waals surface area contributed by atoms with Gasteiger partial charge in [-0.15, -0.1) is 0 Å². The Bertz CT molecular complexity index is 1200. The Kier molecular flexibility index (Phi) is 5.43. The van der Waals surface area contributed by atoms with Crippen LogP contribution in [0.5, 0.6) is 0 Å². The largest absolute Gasteiger partial charge is 0.295 e. The number of benzene rings is 4. The molecule has 0 fully saturated rings. The summed E-state index contributed by atoms with van der Waals surface area (Å²) in [6.45, 7) is 4.53. The van der Waals surface area contributed by atoms with E-state index in [1.807, 2.05) is 0 Å². The maximum absolute atomic E-state index is 2.49. The lowest BCUT2D eigenvalue weighted by molar-refractivity contribution is -0.694. The lowest BCUT2D eigenvalue weighted by Crippen LogP contribution is -2.39. The first-order chi connectivity index (χ1) is 15.8. The van der Waals surface area contributed by atoms with Gasteiger partial charge in [-0.3, -0.25) is 0 Å². The molecular formula is C30H27N2+. The molecule has 0 N–H and O–H groups in total. The van der Waals surface area contributed by atoms with Crippen LogP contribution < -0.4 is 4.57 Å². The van der Waals surface area contributed by atoms with E-state index in [0.29, 0.717) is 0 Å². The van der Waals surface area contributed by atoms with Crippen molar-refractivity contribution in [3.63, 3.8) is 0 Å². The summed E-state index contributed by atoms with van der Waals surface area (Å²) in [5, 5.41) is 0. The number of aromatic nitrogens is 2. The fourth-order valence-corrected chi connectivity index (χ4v) is 4.46. The maximum atomic E-state index is 2.49. The van der Waals surface area contributed by atoms with Crippen LogP contribution in [0.25, 0.3) is 39.6 Å². The van der Waals surface area contributed by atoms with E-state index in [2.05, 4.69) is 144 Å². The van der Waals surface area contributed by atoms with Crippen molar-refractivity contribution in [3.05, 3.63) is 121 Å². The van der Waals surface area contributed by atoms with Crippen LogP contribution in [0.2, 0.25) is 0 Å². The Morgan fingerprint density at radius 2 is 0.969 bits per heavy atom. The highest BCUT2D eigenvalue weighted by Gasteiger charge is 2.35. The quantitative estimate of drug-likeness (QED) is 0.265. The second kappa shape index (κ2) is 8.68. The summed E-state index contributed by atoms with van der Waals surface area (Å²) in [5.74, 6) is 1.18. The highest BCUT2D eigenvalue weighted by atomic mass is 15.2. The van der Waals surface area contributed by atoms with E-state index < -0.39 is 0 Å². The lowest BCUT2D eigenvalue weighted by atomic mass is 10.0. The molecule has 0 amide bonds. The van der Waals surface area contributed by atoms with Crippen LogP contribution in [0.4, 0.5) is 0 Å². The second-order valence-electron chi connectivity index (χ2n) is 8.25. The third-order valence-corrected chi connectivity index (χ3v) is 5.79. The molecule has 5 aromatic rings. The predicted octanol–water partition coefficient (Wildman–Crippen LogP) is 7.35. The number of imidazole rings is 1. The van der Waals surface area contributed by atoms with Crippen LogP contribution in [0.15, 0.2) is 121 Å². The van der Waals surface area contributed by atoms with Crippen LogP contribution in [0.3, 0.4) is 0 Å². The smallest absolute Gasteiger partial charge is 0.220 e. The minimum absolute atomic E-state index is 0.271. The zero-order valence-corrected chi connectivity index (χ0v) is 18.5. The number of nitrogens with zero attached hydrogens (tertiary/aromatic N) is 2. The summed E-state index contributed by atoms with van der Waals surface area (Å²) in [7, 11) is 0. The molecule has 4 aromatic carbocycles. The van der Waals surface area contributed by atoms with Crippen LogP contribution >= 0.6 is 0 Å². The van der Waals surface area contributed by atoms with Gasteiger partial charge in [-0.2, -0.15) is 4.57 Å². The van der Waals surface area contributed by atoms with Crippen molar-refractivity contribution in [1.82, 2.24) is 4.57 Å². The molecule has 0 spiro atoms. The average molecular weight is 416 g/mol. The molecule has 0 aliphatic rings. The van der Waals surface area contributed by atoms with E-state index in [0.717, 1.165) is 5.69 Å². The van der Waals surface area contributed by atoms with Crippen LogP contribution in [-0.4, -0.2) is 4.57 Å². The van der Waals surface area contributed by atoms with E-state index in [1.54, 1.807) is 0 Å². The fourth-order valence-electron chi connectivity index (χ4n) is 4.46. The molecule has 0 bridgehead atoms. The molecule has 0 radical (unpaired) electrons. The number of rotatable bonds is 5. The summed E-state index contributed by atoms with van der Waals surface area (Å²) in [4.78, 5) is 0. The van der Waals surface area contributed by atoms with E-state index in [9.17, 15) is 0 Å². The molecule has 156 valence electrons. The van der Waals surface area contributed by atoms with Gasteiger partial charge in [0.15, 0.2) is 11.4 Å².